The van der Waals surface area contributed by atoms with E-state index in [1.54, 1.807) is 30.3 Å². The molecular formula is C14H9BrO5. The lowest BCUT2D eigenvalue weighted by Gasteiger charge is -2.02. The maximum absolute atomic E-state index is 11.7. The van der Waals surface area contributed by atoms with E-state index in [9.17, 15) is 4.79 Å². The highest BCUT2D eigenvalue weighted by Crippen LogP contribution is 2.35. The normalized spacial score (nSPS) is 12.8. The molecule has 2 aromatic rings. The molecule has 1 aromatic heterocycles. The molecule has 0 saturated carbocycles. The van der Waals surface area contributed by atoms with Gasteiger partial charge in [0, 0.05) is 12.1 Å². The zero-order chi connectivity index (χ0) is 13.9. The van der Waals surface area contributed by atoms with Gasteiger partial charge < -0.3 is 18.6 Å². The third-order valence-corrected chi connectivity index (χ3v) is 2.97. The van der Waals surface area contributed by atoms with Crippen molar-refractivity contribution in [3.8, 4) is 17.2 Å². The first kappa shape index (κ1) is 12.8. The summed E-state index contributed by atoms with van der Waals surface area (Å²) in [7, 11) is 0. The summed E-state index contributed by atoms with van der Waals surface area (Å²) >= 11 is 3.18. The molecule has 6 heteroatoms. The SMILES string of the molecule is O=C(C=Cc1ccc(Br)o1)Oc1ccc2c(c1)OCO2. The van der Waals surface area contributed by atoms with E-state index in [0.717, 1.165) is 0 Å². The Kier molecular flexibility index (Phi) is 3.47. The number of rotatable bonds is 3. The van der Waals surface area contributed by atoms with E-state index in [0.29, 0.717) is 27.7 Å². The quantitative estimate of drug-likeness (QED) is 0.488. The second kappa shape index (κ2) is 5.42. The van der Waals surface area contributed by atoms with E-state index in [4.69, 9.17) is 18.6 Å². The molecule has 0 aliphatic carbocycles. The van der Waals surface area contributed by atoms with Gasteiger partial charge in [0.05, 0.1) is 0 Å². The third kappa shape index (κ3) is 2.85. The molecule has 20 heavy (non-hydrogen) atoms. The molecule has 1 aliphatic rings. The lowest BCUT2D eigenvalue weighted by molar-refractivity contribution is -0.128. The molecule has 0 spiro atoms. The summed E-state index contributed by atoms with van der Waals surface area (Å²) < 4.78 is 21.4. The van der Waals surface area contributed by atoms with Crippen LogP contribution in [0.25, 0.3) is 6.08 Å². The first-order chi connectivity index (χ1) is 9.70. The van der Waals surface area contributed by atoms with Gasteiger partial charge in [-0.2, -0.15) is 0 Å². The van der Waals surface area contributed by atoms with E-state index in [2.05, 4.69) is 15.9 Å². The maximum atomic E-state index is 11.7. The molecule has 0 bridgehead atoms. The third-order valence-electron chi connectivity index (χ3n) is 2.54. The fraction of sp³-hybridized carbons (Fsp3) is 0.0714. The number of benzene rings is 1. The van der Waals surface area contributed by atoms with E-state index in [1.807, 2.05) is 0 Å². The second-order valence-corrected chi connectivity index (χ2v) is 4.69. The summed E-state index contributed by atoms with van der Waals surface area (Å²) in [5.74, 6) is 1.65. The van der Waals surface area contributed by atoms with Crippen LogP contribution in [0.15, 0.2) is 45.5 Å². The average Bonchev–Trinajstić information content (AvgIpc) is 3.04. The van der Waals surface area contributed by atoms with Crippen molar-refractivity contribution in [3.05, 3.63) is 46.8 Å². The Balaban J connectivity index is 1.65. The lowest BCUT2D eigenvalue weighted by Crippen LogP contribution is -2.03. The van der Waals surface area contributed by atoms with Crippen molar-refractivity contribution < 1.29 is 23.4 Å². The van der Waals surface area contributed by atoms with Crippen molar-refractivity contribution in [2.75, 3.05) is 6.79 Å². The minimum Gasteiger partial charge on any atom is -0.454 e. The summed E-state index contributed by atoms with van der Waals surface area (Å²) in [6, 6.07) is 8.41. The van der Waals surface area contributed by atoms with Crippen LogP contribution >= 0.6 is 15.9 Å². The summed E-state index contributed by atoms with van der Waals surface area (Å²) in [5, 5.41) is 0. The molecule has 0 radical (unpaired) electrons. The zero-order valence-corrected chi connectivity index (χ0v) is 11.8. The highest BCUT2D eigenvalue weighted by atomic mass is 79.9. The van der Waals surface area contributed by atoms with Crippen molar-refractivity contribution in [1.29, 1.82) is 0 Å². The summed E-state index contributed by atoms with van der Waals surface area (Å²) in [5.41, 5.74) is 0. The number of hydrogen-bond acceptors (Lipinski definition) is 5. The van der Waals surface area contributed by atoms with E-state index in [-0.39, 0.29) is 6.79 Å². The predicted octanol–water partition coefficient (Wildman–Crippen LogP) is 3.39. The Labute approximate surface area is 122 Å². The number of carbonyl (C=O) groups is 1. The van der Waals surface area contributed by atoms with Gasteiger partial charge in [-0.15, -0.1) is 0 Å². The Hall–Kier alpha value is -2.21. The number of hydrogen-bond donors (Lipinski definition) is 0. The van der Waals surface area contributed by atoms with E-state index in [1.165, 1.54) is 12.2 Å². The van der Waals surface area contributed by atoms with Crippen LogP contribution < -0.4 is 14.2 Å². The first-order valence-electron chi connectivity index (χ1n) is 5.75. The Morgan fingerprint density at radius 3 is 2.85 bits per heavy atom. The molecule has 0 unspecified atom stereocenters. The minimum atomic E-state index is -0.503. The highest BCUT2D eigenvalue weighted by molar-refractivity contribution is 9.10. The predicted molar refractivity (Wildman–Crippen MR) is 73.6 cm³/mol. The molecule has 1 aliphatic heterocycles. The summed E-state index contributed by atoms with van der Waals surface area (Å²) in [6.07, 6.45) is 2.82. The van der Waals surface area contributed by atoms with E-state index < -0.39 is 5.97 Å². The van der Waals surface area contributed by atoms with Crippen LogP contribution in [0.4, 0.5) is 0 Å². The van der Waals surface area contributed by atoms with Crippen LogP contribution in [0.1, 0.15) is 5.76 Å². The van der Waals surface area contributed by atoms with Crippen molar-refractivity contribution in [2.45, 2.75) is 0 Å². The van der Waals surface area contributed by atoms with Gasteiger partial charge in [-0.3, -0.25) is 0 Å². The van der Waals surface area contributed by atoms with Crippen molar-refractivity contribution >= 4 is 28.0 Å². The van der Waals surface area contributed by atoms with Gasteiger partial charge in [-0.25, -0.2) is 4.79 Å². The Morgan fingerprint density at radius 2 is 2.05 bits per heavy atom. The van der Waals surface area contributed by atoms with Crippen LogP contribution in [0.3, 0.4) is 0 Å². The van der Waals surface area contributed by atoms with Crippen molar-refractivity contribution in [1.82, 2.24) is 0 Å². The first-order valence-corrected chi connectivity index (χ1v) is 6.55. The number of ether oxygens (including phenoxy) is 3. The smallest absolute Gasteiger partial charge is 0.336 e. The molecule has 102 valence electrons. The average molecular weight is 337 g/mol. The van der Waals surface area contributed by atoms with Gasteiger partial charge >= 0.3 is 5.97 Å². The van der Waals surface area contributed by atoms with Gasteiger partial charge in [0.2, 0.25) is 6.79 Å². The van der Waals surface area contributed by atoms with Crippen LogP contribution in [-0.2, 0) is 4.79 Å². The standard InChI is InChI=1S/C14H9BrO5/c15-13-5-2-9(19-13)3-6-14(16)20-10-1-4-11-12(7-10)18-8-17-11/h1-7H,8H2. The zero-order valence-electron chi connectivity index (χ0n) is 10.2. The molecule has 2 heterocycles. The van der Waals surface area contributed by atoms with Crippen molar-refractivity contribution in [3.63, 3.8) is 0 Å². The number of halogens is 1. The fourth-order valence-electron chi connectivity index (χ4n) is 1.66. The van der Waals surface area contributed by atoms with Crippen molar-refractivity contribution in [2.24, 2.45) is 0 Å². The number of esters is 1. The molecule has 1 aromatic carbocycles. The largest absolute Gasteiger partial charge is 0.454 e. The van der Waals surface area contributed by atoms with Gasteiger partial charge in [0.25, 0.3) is 0 Å². The van der Waals surface area contributed by atoms with Gasteiger partial charge in [-0.05, 0) is 46.3 Å². The van der Waals surface area contributed by atoms with Gasteiger partial charge in [0.1, 0.15) is 11.5 Å². The second-order valence-electron chi connectivity index (χ2n) is 3.91. The molecule has 3 rings (SSSR count). The topological polar surface area (TPSA) is 57.9 Å². The number of carbonyl (C=O) groups excluding carboxylic acids is 1. The Morgan fingerprint density at radius 1 is 1.20 bits per heavy atom. The van der Waals surface area contributed by atoms with Crippen LogP contribution in [0, 0.1) is 0 Å². The molecule has 0 N–H and O–H groups in total. The van der Waals surface area contributed by atoms with E-state index >= 15 is 0 Å². The fourth-order valence-corrected chi connectivity index (χ4v) is 1.98. The molecule has 5 nitrogen and oxygen atoms in total. The monoisotopic (exact) mass is 336 g/mol. The molecule has 0 atom stereocenters. The van der Waals surface area contributed by atoms with Crippen LogP contribution in [-0.4, -0.2) is 12.8 Å². The highest BCUT2D eigenvalue weighted by Gasteiger charge is 2.14. The molecule has 0 fully saturated rings. The number of furan rings is 1. The Bertz CT molecular complexity index is 674. The molecule has 0 amide bonds. The minimum absolute atomic E-state index is 0.181. The lowest BCUT2D eigenvalue weighted by atomic mass is 10.3. The van der Waals surface area contributed by atoms with Crippen LogP contribution in [0.2, 0.25) is 0 Å². The summed E-state index contributed by atoms with van der Waals surface area (Å²) in [6.45, 7) is 0.181. The number of fused-ring (bicyclic) bond motifs is 1. The van der Waals surface area contributed by atoms with Gasteiger partial charge in [0.15, 0.2) is 16.2 Å². The van der Waals surface area contributed by atoms with Crippen LogP contribution in [0.5, 0.6) is 17.2 Å². The summed E-state index contributed by atoms with van der Waals surface area (Å²) in [4.78, 5) is 11.7. The maximum Gasteiger partial charge on any atom is 0.336 e. The molecular weight excluding hydrogens is 328 g/mol. The van der Waals surface area contributed by atoms with Gasteiger partial charge in [-0.1, -0.05) is 0 Å². The molecule has 0 saturated heterocycles.